The minimum absolute atomic E-state index is 0.0696. The number of carbonyl (C=O) groups is 1. The van der Waals surface area contributed by atoms with Crippen LogP contribution in [0.1, 0.15) is 22.4 Å². The van der Waals surface area contributed by atoms with Gasteiger partial charge in [0.25, 0.3) is 5.78 Å². The largest absolute Gasteiger partial charge is 0.353 e. The van der Waals surface area contributed by atoms with E-state index in [9.17, 15) is 4.79 Å². The van der Waals surface area contributed by atoms with Gasteiger partial charge in [0, 0.05) is 49.5 Å². The Bertz CT molecular complexity index is 1260. The molecule has 8 heteroatoms. The molecule has 0 aliphatic carbocycles. The molecular formula is C25H27N7O. The Balaban J connectivity index is 1.36. The van der Waals surface area contributed by atoms with Gasteiger partial charge in [0.2, 0.25) is 0 Å². The van der Waals surface area contributed by atoms with Gasteiger partial charge in [-0.25, -0.2) is 9.78 Å². The first-order chi connectivity index (χ1) is 16.1. The fourth-order valence-electron chi connectivity index (χ4n) is 4.26. The van der Waals surface area contributed by atoms with Crippen LogP contribution >= 0.6 is 0 Å². The highest BCUT2D eigenvalue weighted by molar-refractivity contribution is 5.89. The van der Waals surface area contributed by atoms with Crippen molar-refractivity contribution in [1.82, 2.24) is 24.5 Å². The van der Waals surface area contributed by atoms with Crippen LogP contribution in [-0.2, 0) is 6.42 Å². The van der Waals surface area contributed by atoms with Crippen LogP contribution in [0.15, 0.2) is 60.9 Å². The third-order valence-corrected chi connectivity index (χ3v) is 6.10. The smallest absolute Gasteiger partial charge is 0.321 e. The number of nitrogens with zero attached hydrogens (tertiary/aromatic N) is 6. The van der Waals surface area contributed by atoms with Crippen molar-refractivity contribution in [2.45, 2.75) is 20.3 Å². The summed E-state index contributed by atoms with van der Waals surface area (Å²) < 4.78 is 1.83. The fraction of sp³-hybridized carbons (Fsp3) is 0.280. The Kier molecular flexibility index (Phi) is 5.64. The molecule has 0 atom stereocenters. The van der Waals surface area contributed by atoms with Crippen molar-refractivity contribution in [3.8, 4) is 0 Å². The van der Waals surface area contributed by atoms with E-state index in [1.807, 2.05) is 53.6 Å². The van der Waals surface area contributed by atoms with Crippen LogP contribution in [0.25, 0.3) is 5.78 Å². The summed E-state index contributed by atoms with van der Waals surface area (Å²) in [4.78, 5) is 25.9. The van der Waals surface area contributed by atoms with Gasteiger partial charge in [0.15, 0.2) is 0 Å². The lowest BCUT2D eigenvalue weighted by molar-refractivity contribution is 0.208. The van der Waals surface area contributed by atoms with Gasteiger partial charge in [0.1, 0.15) is 12.1 Å². The molecule has 1 aliphatic rings. The molecule has 4 aromatic rings. The van der Waals surface area contributed by atoms with Crippen LogP contribution < -0.4 is 10.2 Å². The molecule has 0 bridgehead atoms. The molecule has 8 nitrogen and oxygen atoms in total. The van der Waals surface area contributed by atoms with Crippen molar-refractivity contribution in [3.05, 3.63) is 83.3 Å². The van der Waals surface area contributed by atoms with Crippen molar-refractivity contribution < 1.29 is 4.79 Å². The second-order valence-electron chi connectivity index (χ2n) is 8.40. The van der Waals surface area contributed by atoms with Gasteiger partial charge in [-0.3, -0.25) is 0 Å². The molecule has 0 saturated carbocycles. The summed E-state index contributed by atoms with van der Waals surface area (Å²) in [7, 11) is 0. The number of rotatable bonds is 4. The molecule has 1 aliphatic heterocycles. The number of aryl methyl sites for hydroxylation is 2. The van der Waals surface area contributed by atoms with Crippen molar-refractivity contribution in [1.29, 1.82) is 0 Å². The summed E-state index contributed by atoms with van der Waals surface area (Å²) in [6, 6.07) is 18.2. The highest BCUT2D eigenvalue weighted by atomic mass is 16.2. The lowest BCUT2D eigenvalue weighted by Crippen LogP contribution is -2.50. The Morgan fingerprint density at radius 2 is 1.70 bits per heavy atom. The molecule has 0 radical (unpaired) electrons. The van der Waals surface area contributed by atoms with Crippen LogP contribution in [0.5, 0.6) is 0 Å². The fourth-order valence-corrected chi connectivity index (χ4v) is 4.26. The van der Waals surface area contributed by atoms with E-state index in [4.69, 9.17) is 0 Å². The second kappa shape index (κ2) is 8.90. The summed E-state index contributed by atoms with van der Waals surface area (Å²) in [5.41, 5.74) is 5.29. The molecule has 1 N–H and O–H groups in total. The average molecular weight is 442 g/mol. The summed E-state index contributed by atoms with van der Waals surface area (Å²) in [5.74, 6) is 1.61. The number of piperazine rings is 1. The van der Waals surface area contributed by atoms with Crippen molar-refractivity contribution in [3.63, 3.8) is 0 Å². The molecule has 2 amide bonds. The summed E-state index contributed by atoms with van der Waals surface area (Å²) in [6.45, 7) is 6.73. The zero-order valence-corrected chi connectivity index (χ0v) is 18.9. The van der Waals surface area contributed by atoms with Crippen molar-refractivity contribution in [2.24, 2.45) is 0 Å². The molecule has 2 aromatic heterocycles. The lowest BCUT2D eigenvalue weighted by Gasteiger charge is -2.37. The SMILES string of the molecule is Cc1ccc(NC(=O)N2CCN(c3c(Cc4ccccc4)c(C)nc4ncnn34)CC2)cc1. The molecule has 1 saturated heterocycles. The maximum absolute atomic E-state index is 12.8. The third-order valence-electron chi connectivity index (χ3n) is 6.10. The normalized spacial score (nSPS) is 14.0. The van der Waals surface area contributed by atoms with Gasteiger partial charge in [-0.15, -0.1) is 0 Å². The first-order valence-corrected chi connectivity index (χ1v) is 11.2. The lowest BCUT2D eigenvalue weighted by atomic mass is 10.0. The number of aromatic nitrogens is 4. The maximum Gasteiger partial charge on any atom is 0.321 e. The third kappa shape index (κ3) is 4.37. The van der Waals surface area contributed by atoms with Gasteiger partial charge in [0.05, 0.1) is 0 Å². The van der Waals surface area contributed by atoms with Crippen LogP contribution in [0.3, 0.4) is 0 Å². The number of anilines is 2. The highest BCUT2D eigenvalue weighted by Crippen LogP contribution is 2.27. The number of hydrogen-bond donors (Lipinski definition) is 1. The Morgan fingerprint density at radius 1 is 0.970 bits per heavy atom. The first-order valence-electron chi connectivity index (χ1n) is 11.2. The van der Waals surface area contributed by atoms with E-state index in [1.54, 1.807) is 6.33 Å². The van der Waals surface area contributed by atoms with E-state index in [0.29, 0.717) is 32.0 Å². The standard InChI is InChI=1S/C25H27N7O/c1-18-8-10-21(11-9-18)29-25(33)31-14-12-30(13-15-31)23-22(16-20-6-4-3-5-7-20)19(2)28-24-26-17-27-32(23)24/h3-11,17H,12-16H2,1-2H3,(H,29,33). The summed E-state index contributed by atoms with van der Waals surface area (Å²) in [5, 5.41) is 7.47. The first kappa shape index (κ1) is 20.9. The van der Waals surface area contributed by atoms with Crippen LogP contribution in [0.4, 0.5) is 16.3 Å². The van der Waals surface area contributed by atoms with Crippen molar-refractivity contribution in [2.75, 3.05) is 36.4 Å². The van der Waals surface area contributed by atoms with Gasteiger partial charge < -0.3 is 15.1 Å². The molecule has 33 heavy (non-hydrogen) atoms. The zero-order chi connectivity index (χ0) is 22.8. The summed E-state index contributed by atoms with van der Waals surface area (Å²) >= 11 is 0. The number of urea groups is 1. The van der Waals surface area contributed by atoms with E-state index >= 15 is 0 Å². The van der Waals surface area contributed by atoms with Gasteiger partial charge >= 0.3 is 6.03 Å². The number of nitrogens with one attached hydrogen (secondary N) is 1. The van der Waals surface area contributed by atoms with Gasteiger partial charge in [-0.05, 0) is 31.5 Å². The van der Waals surface area contributed by atoms with E-state index in [1.165, 1.54) is 11.1 Å². The quantitative estimate of drug-likeness (QED) is 0.523. The minimum Gasteiger partial charge on any atom is -0.353 e. The minimum atomic E-state index is -0.0696. The number of carbonyl (C=O) groups excluding carboxylic acids is 1. The van der Waals surface area contributed by atoms with Gasteiger partial charge in [-0.1, -0.05) is 48.0 Å². The van der Waals surface area contributed by atoms with Gasteiger partial charge in [-0.2, -0.15) is 14.6 Å². The zero-order valence-electron chi connectivity index (χ0n) is 18.9. The monoisotopic (exact) mass is 441 g/mol. The Labute approximate surface area is 192 Å². The molecule has 5 rings (SSSR count). The molecule has 0 unspecified atom stereocenters. The second-order valence-corrected chi connectivity index (χ2v) is 8.40. The number of fused-ring (bicyclic) bond motifs is 1. The predicted molar refractivity (Wildman–Crippen MR) is 129 cm³/mol. The van der Waals surface area contributed by atoms with E-state index in [2.05, 4.69) is 49.5 Å². The van der Waals surface area contributed by atoms with E-state index in [-0.39, 0.29) is 6.03 Å². The molecule has 1 fully saturated rings. The molecule has 3 heterocycles. The predicted octanol–water partition coefficient (Wildman–Crippen LogP) is 3.69. The van der Waals surface area contributed by atoms with Crippen LogP contribution in [-0.4, -0.2) is 56.7 Å². The maximum atomic E-state index is 12.8. The molecule has 2 aromatic carbocycles. The average Bonchev–Trinajstić information content (AvgIpc) is 3.29. The van der Waals surface area contributed by atoms with Crippen LogP contribution in [0, 0.1) is 13.8 Å². The number of benzene rings is 2. The Morgan fingerprint density at radius 3 is 2.42 bits per heavy atom. The molecule has 0 spiro atoms. The number of hydrogen-bond acceptors (Lipinski definition) is 5. The van der Waals surface area contributed by atoms with E-state index in [0.717, 1.165) is 29.2 Å². The Hall–Kier alpha value is -3.94. The van der Waals surface area contributed by atoms with Crippen molar-refractivity contribution >= 4 is 23.3 Å². The number of amides is 2. The van der Waals surface area contributed by atoms with Crippen LogP contribution in [0.2, 0.25) is 0 Å². The topological polar surface area (TPSA) is 78.7 Å². The molecule has 168 valence electrons. The summed E-state index contributed by atoms with van der Waals surface area (Å²) in [6.07, 6.45) is 2.31. The molecular weight excluding hydrogens is 414 g/mol. The highest BCUT2D eigenvalue weighted by Gasteiger charge is 2.26. The van der Waals surface area contributed by atoms with E-state index < -0.39 is 0 Å².